The number of quaternary nitrogens is 1. The van der Waals surface area contributed by atoms with Crippen LogP contribution >= 0.6 is 0 Å². The van der Waals surface area contributed by atoms with Gasteiger partial charge in [0.05, 0.1) is 50.9 Å². The van der Waals surface area contributed by atoms with Gasteiger partial charge in [-0.05, 0) is 45.2 Å². The summed E-state index contributed by atoms with van der Waals surface area (Å²) in [5.41, 5.74) is 3.85. The first kappa shape index (κ1) is 16.6. The van der Waals surface area contributed by atoms with Crippen molar-refractivity contribution in [3.63, 3.8) is 0 Å². The van der Waals surface area contributed by atoms with Crippen molar-refractivity contribution in [2.45, 2.75) is 33.1 Å². The first-order valence-electron chi connectivity index (χ1n) is 9.71. The van der Waals surface area contributed by atoms with Gasteiger partial charge in [-0.2, -0.15) is 0 Å². The highest BCUT2D eigenvalue weighted by Gasteiger charge is 2.45. The highest BCUT2D eigenvalue weighted by molar-refractivity contribution is 5.47. The molecule has 3 heterocycles. The predicted octanol–water partition coefficient (Wildman–Crippen LogP) is 3.58. The fourth-order valence-electron chi connectivity index (χ4n) is 4.60. The highest BCUT2D eigenvalue weighted by Crippen LogP contribution is 2.32. The monoisotopic (exact) mass is 340 g/mol. The average Bonchev–Trinajstić information content (AvgIpc) is 3.00. The molecule has 0 unspecified atom stereocenters. The Morgan fingerprint density at radius 3 is 2.48 bits per heavy atom. The van der Waals surface area contributed by atoms with E-state index in [0.29, 0.717) is 0 Å². The van der Waals surface area contributed by atoms with E-state index in [1.165, 1.54) is 67.8 Å². The third-order valence-corrected chi connectivity index (χ3v) is 6.10. The Morgan fingerprint density at radius 1 is 1.12 bits per heavy atom. The Labute approximate surface area is 151 Å². The van der Waals surface area contributed by atoms with E-state index in [2.05, 4.69) is 47.3 Å². The van der Waals surface area contributed by atoms with Gasteiger partial charge in [-0.25, -0.2) is 0 Å². The molecule has 0 N–H and O–H groups in total. The molecule has 0 aliphatic carbocycles. The number of rotatable bonds is 5. The quantitative estimate of drug-likeness (QED) is 0.779. The van der Waals surface area contributed by atoms with Gasteiger partial charge in [-0.1, -0.05) is 22.9 Å². The third kappa shape index (κ3) is 3.74. The SMILES string of the molecule is Cc1ccc(N2CC[N+]3(CC2)CC(CCCc2cc(C)on2)C3)cc1. The molecule has 1 aromatic heterocycles. The van der Waals surface area contributed by atoms with Crippen molar-refractivity contribution < 1.29 is 9.01 Å². The van der Waals surface area contributed by atoms with E-state index in [4.69, 9.17) is 4.52 Å². The zero-order valence-corrected chi connectivity index (χ0v) is 15.6. The Morgan fingerprint density at radius 2 is 1.84 bits per heavy atom. The van der Waals surface area contributed by atoms with Crippen molar-refractivity contribution in [3.8, 4) is 0 Å². The van der Waals surface area contributed by atoms with Crippen molar-refractivity contribution in [2.24, 2.45) is 5.92 Å². The molecule has 4 nitrogen and oxygen atoms in total. The van der Waals surface area contributed by atoms with Gasteiger partial charge in [-0.3, -0.25) is 0 Å². The Kier molecular flexibility index (Phi) is 4.55. The molecule has 2 fully saturated rings. The largest absolute Gasteiger partial charge is 0.361 e. The standard InChI is InChI=1S/C21H30N3O/c1-17-6-8-21(9-7-17)23-10-12-24(13-11-23)15-19(16-24)4-3-5-20-14-18(2)25-22-20/h6-9,14,19H,3-5,10-13,15-16H2,1-2H3/q+1. The lowest BCUT2D eigenvalue weighted by molar-refractivity contribution is -0.974. The van der Waals surface area contributed by atoms with Gasteiger partial charge in [0, 0.05) is 11.8 Å². The molecule has 2 aliphatic rings. The number of nitrogens with zero attached hydrogens (tertiary/aromatic N) is 3. The topological polar surface area (TPSA) is 29.3 Å². The Hall–Kier alpha value is -1.81. The maximum atomic E-state index is 5.15. The molecule has 25 heavy (non-hydrogen) atoms. The number of hydrogen-bond acceptors (Lipinski definition) is 3. The van der Waals surface area contributed by atoms with Gasteiger partial charge in [-0.15, -0.1) is 0 Å². The maximum Gasteiger partial charge on any atom is 0.133 e. The summed E-state index contributed by atoms with van der Waals surface area (Å²) in [6.07, 6.45) is 3.65. The van der Waals surface area contributed by atoms with E-state index in [-0.39, 0.29) is 0 Å². The van der Waals surface area contributed by atoms with Crippen molar-refractivity contribution in [3.05, 3.63) is 47.3 Å². The molecule has 1 aromatic carbocycles. The van der Waals surface area contributed by atoms with Gasteiger partial charge in [0.2, 0.25) is 0 Å². The molecule has 4 rings (SSSR count). The van der Waals surface area contributed by atoms with E-state index >= 15 is 0 Å². The number of benzene rings is 1. The van der Waals surface area contributed by atoms with Crippen LogP contribution in [-0.4, -0.2) is 48.9 Å². The van der Waals surface area contributed by atoms with Crippen LogP contribution in [0.3, 0.4) is 0 Å². The molecular formula is C21H30N3O+. The number of aryl methyl sites for hydroxylation is 3. The van der Waals surface area contributed by atoms with E-state index in [1.54, 1.807) is 0 Å². The van der Waals surface area contributed by atoms with Crippen molar-refractivity contribution in [1.82, 2.24) is 5.16 Å². The van der Waals surface area contributed by atoms with Crippen LogP contribution in [0.2, 0.25) is 0 Å². The van der Waals surface area contributed by atoms with Crippen molar-refractivity contribution >= 4 is 5.69 Å². The summed E-state index contributed by atoms with van der Waals surface area (Å²) in [6.45, 7) is 11.9. The maximum absolute atomic E-state index is 5.15. The average molecular weight is 340 g/mol. The van der Waals surface area contributed by atoms with Crippen LogP contribution in [0.15, 0.2) is 34.9 Å². The number of piperazine rings is 1. The second-order valence-corrected chi connectivity index (χ2v) is 8.16. The molecule has 0 atom stereocenters. The molecule has 0 saturated carbocycles. The first-order valence-corrected chi connectivity index (χ1v) is 9.71. The summed E-state index contributed by atoms with van der Waals surface area (Å²) in [6, 6.07) is 11.1. The van der Waals surface area contributed by atoms with Crippen LogP contribution in [0.25, 0.3) is 0 Å². The molecule has 0 bridgehead atoms. The predicted molar refractivity (Wildman–Crippen MR) is 101 cm³/mol. The van der Waals surface area contributed by atoms with Crippen LogP contribution < -0.4 is 4.90 Å². The van der Waals surface area contributed by atoms with Crippen LogP contribution in [0.5, 0.6) is 0 Å². The molecule has 0 radical (unpaired) electrons. The number of anilines is 1. The summed E-state index contributed by atoms with van der Waals surface area (Å²) in [4.78, 5) is 2.56. The van der Waals surface area contributed by atoms with Gasteiger partial charge in [0.1, 0.15) is 5.76 Å². The molecule has 1 spiro atoms. The second-order valence-electron chi connectivity index (χ2n) is 8.16. The Bertz CT molecular complexity index is 690. The molecular weight excluding hydrogens is 310 g/mol. The molecule has 2 aliphatic heterocycles. The number of hydrogen-bond donors (Lipinski definition) is 0. The first-order chi connectivity index (χ1) is 12.1. The normalized spacial score (nSPS) is 20.0. The molecule has 2 saturated heterocycles. The van der Waals surface area contributed by atoms with Gasteiger partial charge >= 0.3 is 0 Å². The van der Waals surface area contributed by atoms with Gasteiger partial charge in [0.25, 0.3) is 0 Å². The fraction of sp³-hybridized carbons (Fsp3) is 0.571. The summed E-state index contributed by atoms with van der Waals surface area (Å²) in [7, 11) is 0. The fourth-order valence-corrected chi connectivity index (χ4v) is 4.60. The lowest BCUT2D eigenvalue weighted by Crippen LogP contribution is -2.69. The van der Waals surface area contributed by atoms with Gasteiger partial charge in [0.15, 0.2) is 0 Å². The molecule has 4 heteroatoms. The van der Waals surface area contributed by atoms with Crippen LogP contribution in [0.1, 0.15) is 29.9 Å². The molecule has 2 aromatic rings. The third-order valence-electron chi connectivity index (χ3n) is 6.10. The minimum Gasteiger partial charge on any atom is -0.361 e. The summed E-state index contributed by atoms with van der Waals surface area (Å²) >= 11 is 0. The molecule has 134 valence electrons. The van der Waals surface area contributed by atoms with Crippen LogP contribution in [0.4, 0.5) is 5.69 Å². The summed E-state index contributed by atoms with van der Waals surface area (Å²) in [5.74, 6) is 1.84. The summed E-state index contributed by atoms with van der Waals surface area (Å²) in [5, 5.41) is 4.10. The summed E-state index contributed by atoms with van der Waals surface area (Å²) < 4.78 is 6.50. The van der Waals surface area contributed by atoms with E-state index in [0.717, 1.165) is 23.8 Å². The minimum atomic E-state index is 0.916. The smallest absolute Gasteiger partial charge is 0.133 e. The second kappa shape index (κ2) is 6.83. The van der Waals surface area contributed by atoms with Crippen molar-refractivity contribution in [1.29, 1.82) is 0 Å². The lowest BCUT2D eigenvalue weighted by atomic mass is 9.89. The zero-order chi connectivity index (χ0) is 17.3. The van der Waals surface area contributed by atoms with Crippen LogP contribution in [0, 0.1) is 19.8 Å². The van der Waals surface area contributed by atoms with E-state index < -0.39 is 0 Å². The number of aromatic nitrogens is 1. The Balaban J connectivity index is 1.19. The highest BCUT2D eigenvalue weighted by atomic mass is 16.5. The van der Waals surface area contributed by atoms with Crippen LogP contribution in [-0.2, 0) is 6.42 Å². The van der Waals surface area contributed by atoms with Crippen molar-refractivity contribution in [2.75, 3.05) is 44.2 Å². The van der Waals surface area contributed by atoms with Gasteiger partial charge < -0.3 is 13.9 Å². The minimum absolute atomic E-state index is 0.916. The lowest BCUT2D eigenvalue weighted by Gasteiger charge is -2.54. The zero-order valence-electron chi connectivity index (χ0n) is 15.6. The van der Waals surface area contributed by atoms with E-state index in [1.807, 2.05) is 6.92 Å². The van der Waals surface area contributed by atoms with E-state index in [9.17, 15) is 0 Å². The molecule has 0 amide bonds.